The Balaban J connectivity index is 2.43. The SMILES string of the molecule is Cc1cc(F)ccc1NS(=O)(=O)c1cc(Cl)ccc1N. The molecule has 20 heavy (non-hydrogen) atoms. The van der Waals surface area contributed by atoms with E-state index in [4.69, 9.17) is 17.3 Å². The minimum Gasteiger partial charge on any atom is -0.398 e. The van der Waals surface area contributed by atoms with Gasteiger partial charge in [-0.05, 0) is 48.9 Å². The molecule has 0 aromatic heterocycles. The molecule has 0 unspecified atom stereocenters. The van der Waals surface area contributed by atoms with E-state index >= 15 is 0 Å². The van der Waals surface area contributed by atoms with Crippen LogP contribution in [0.3, 0.4) is 0 Å². The second-order valence-electron chi connectivity index (χ2n) is 4.25. The van der Waals surface area contributed by atoms with Crippen molar-refractivity contribution in [2.75, 3.05) is 10.5 Å². The predicted octanol–water partition coefficient (Wildman–Crippen LogP) is 3.17. The molecule has 0 aliphatic carbocycles. The van der Waals surface area contributed by atoms with E-state index in [1.54, 1.807) is 6.92 Å². The molecule has 3 N–H and O–H groups in total. The minimum absolute atomic E-state index is 0.0849. The van der Waals surface area contributed by atoms with Crippen LogP contribution >= 0.6 is 11.6 Å². The zero-order valence-corrected chi connectivity index (χ0v) is 12.1. The number of hydrogen-bond donors (Lipinski definition) is 2. The number of aryl methyl sites for hydroxylation is 1. The first kappa shape index (κ1) is 14.6. The summed E-state index contributed by atoms with van der Waals surface area (Å²) < 4.78 is 39.9. The highest BCUT2D eigenvalue weighted by molar-refractivity contribution is 7.92. The van der Waals surface area contributed by atoms with Crippen molar-refractivity contribution in [1.82, 2.24) is 0 Å². The van der Waals surface area contributed by atoms with Gasteiger partial charge in [0.2, 0.25) is 0 Å². The number of rotatable bonds is 3. The van der Waals surface area contributed by atoms with E-state index in [1.807, 2.05) is 0 Å². The van der Waals surface area contributed by atoms with Crippen molar-refractivity contribution in [2.45, 2.75) is 11.8 Å². The molecule has 4 nitrogen and oxygen atoms in total. The Hall–Kier alpha value is -1.79. The first-order valence-electron chi connectivity index (χ1n) is 5.63. The smallest absolute Gasteiger partial charge is 0.264 e. The summed E-state index contributed by atoms with van der Waals surface area (Å²) in [6.45, 7) is 1.60. The number of nitrogen functional groups attached to an aromatic ring is 1. The zero-order chi connectivity index (χ0) is 14.9. The lowest BCUT2D eigenvalue weighted by Gasteiger charge is -2.12. The van der Waals surface area contributed by atoms with Gasteiger partial charge in [-0.2, -0.15) is 0 Å². The summed E-state index contributed by atoms with van der Waals surface area (Å²) in [6.07, 6.45) is 0. The predicted molar refractivity (Wildman–Crippen MR) is 77.8 cm³/mol. The fraction of sp³-hybridized carbons (Fsp3) is 0.0769. The molecular weight excluding hydrogens is 303 g/mol. The molecule has 2 rings (SSSR count). The molecule has 106 valence electrons. The quantitative estimate of drug-likeness (QED) is 0.855. The lowest BCUT2D eigenvalue weighted by Crippen LogP contribution is -2.15. The maximum absolute atomic E-state index is 13.0. The van der Waals surface area contributed by atoms with Crippen LogP contribution in [0, 0.1) is 12.7 Å². The number of benzene rings is 2. The van der Waals surface area contributed by atoms with Crippen LogP contribution in [-0.2, 0) is 10.0 Å². The molecule has 0 amide bonds. The average Bonchev–Trinajstić information content (AvgIpc) is 2.35. The van der Waals surface area contributed by atoms with Crippen molar-refractivity contribution < 1.29 is 12.8 Å². The molecule has 0 heterocycles. The van der Waals surface area contributed by atoms with Crippen LogP contribution in [0.2, 0.25) is 5.02 Å². The van der Waals surface area contributed by atoms with Crippen LogP contribution < -0.4 is 10.5 Å². The van der Waals surface area contributed by atoms with Crippen LogP contribution in [0.1, 0.15) is 5.56 Å². The number of halogens is 2. The highest BCUT2D eigenvalue weighted by atomic mass is 35.5. The Morgan fingerprint density at radius 2 is 1.90 bits per heavy atom. The van der Waals surface area contributed by atoms with Crippen LogP contribution in [0.5, 0.6) is 0 Å². The summed E-state index contributed by atoms with van der Waals surface area (Å²) in [7, 11) is -3.88. The molecule has 0 aliphatic heterocycles. The van der Waals surface area contributed by atoms with Gasteiger partial charge in [-0.1, -0.05) is 11.6 Å². The second-order valence-corrected chi connectivity index (χ2v) is 6.33. The molecule has 0 aliphatic rings. The Morgan fingerprint density at radius 3 is 2.55 bits per heavy atom. The lowest BCUT2D eigenvalue weighted by atomic mass is 10.2. The molecule has 0 atom stereocenters. The van der Waals surface area contributed by atoms with E-state index in [0.29, 0.717) is 5.56 Å². The van der Waals surface area contributed by atoms with Crippen molar-refractivity contribution in [1.29, 1.82) is 0 Å². The van der Waals surface area contributed by atoms with Gasteiger partial charge in [-0.15, -0.1) is 0 Å². The van der Waals surface area contributed by atoms with Crippen LogP contribution in [0.25, 0.3) is 0 Å². The zero-order valence-electron chi connectivity index (χ0n) is 10.5. The Morgan fingerprint density at radius 1 is 1.20 bits per heavy atom. The highest BCUT2D eigenvalue weighted by Crippen LogP contribution is 2.26. The summed E-state index contributed by atoms with van der Waals surface area (Å²) in [5, 5.41) is 0.260. The third-order valence-electron chi connectivity index (χ3n) is 2.70. The van der Waals surface area contributed by atoms with Crippen LogP contribution in [0.4, 0.5) is 15.8 Å². The van der Waals surface area contributed by atoms with Gasteiger partial charge in [-0.3, -0.25) is 4.72 Å². The van der Waals surface area contributed by atoms with Crippen molar-refractivity contribution in [2.24, 2.45) is 0 Å². The normalized spacial score (nSPS) is 11.3. The molecule has 2 aromatic rings. The van der Waals surface area contributed by atoms with Gasteiger partial charge < -0.3 is 5.73 Å². The van der Waals surface area contributed by atoms with E-state index in [0.717, 1.165) is 0 Å². The third kappa shape index (κ3) is 3.02. The number of nitrogens with one attached hydrogen (secondary N) is 1. The molecule has 0 bridgehead atoms. The van der Waals surface area contributed by atoms with E-state index in [2.05, 4.69) is 4.72 Å². The molecule has 0 radical (unpaired) electrons. The molecule has 0 fully saturated rings. The summed E-state index contributed by atoms with van der Waals surface area (Å²) >= 11 is 5.78. The first-order chi connectivity index (χ1) is 9.29. The fourth-order valence-electron chi connectivity index (χ4n) is 1.68. The maximum atomic E-state index is 13.0. The monoisotopic (exact) mass is 314 g/mol. The topological polar surface area (TPSA) is 72.2 Å². The van der Waals surface area contributed by atoms with E-state index in [-0.39, 0.29) is 21.3 Å². The molecule has 0 spiro atoms. The second kappa shape index (κ2) is 5.30. The standard InChI is InChI=1S/C13H12ClFN2O2S/c1-8-6-10(15)3-5-12(8)17-20(18,19)13-7-9(14)2-4-11(13)16/h2-7,17H,16H2,1H3. The molecule has 7 heteroatoms. The van der Waals surface area contributed by atoms with Crippen molar-refractivity contribution in [3.8, 4) is 0 Å². The number of nitrogens with two attached hydrogens (primary N) is 1. The number of hydrogen-bond acceptors (Lipinski definition) is 3. The van der Waals surface area contributed by atoms with Gasteiger partial charge in [0.25, 0.3) is 10.0 Å². The van der Waals surface area contributed by atoms with Gasteiger partial charge in [0.05, 0.1) is 11.4 Å². The van der Waals surface area contributed by atoms with E-state index in [9.17, 15) is 12.8 Å². The van der Waals surface area contributed by atoms with Gasteiger partial charge in [-0.25, -0.2) is 12.8 Å². The Bertz CT molecular complexity index is 763. The Kier molecular flexibility index (Phi) is 3.87. The van der Waals surface area contributed by atoms with Crippen molar-refractivity contribution >= 4 is 33.0 Å². The van der Waals surface area contributed by atoms with E-state index < -0.39 is 15.8 Å². The first-order valence-corrected chi connectivity index (χ1v) is 7.50. The largest absolute Gasteiger partial charge is 0.398 e. The summed E-state index contributed by atoms with van der Waals surface area (Å²) in [5.41, 5.74) is 6.49. The third-order valence-corrected chi connectivity index (χ3v) is 4.35. The van der Waals surface area contributed by atoms with Gasteiger partial charge >= 0.3 is 0 Å². The van der Waals surface area contributed by atoms with Gasteiger partial charge in [0.15, 0.2) is 0 Å². The summed E-state index contributed by atoms with van der Waals surface area (Å²) in [5.74, 6) is -0.437. The molecule has 0 saturated heterocycles. The maximum Gasteiger partial charge on any atom is 0.264 e. The van der Waals surface area contributed by atoms with Crippen LogP contribution in [0.15, 0.2) is 41.3 Å². The Labute approximate surface area is 121 Å². The molecule has 0 saturated carbocycles. The van der Waals surface area contributed by atoms with Gasteiger partial charge in [0.1, 0.15) is 10.7 Å². The highest BCUT2D eigenvalue weighted by Gasteiger charge is 2.19. The summed E-state index contributed by atoms with van der Waals surface area (Å²) in [4.78, 5) is -0.117. The van der Waals surface area contributed by atoms with Gasteiger partial charge in [0, 0.05) is 5.02 Å². The molecule has 2 aromatic carbocycles. The average molecular weight is 315 g/mol. The van der Waals surface area contributed by atoms with Crippen molar-refractivity contribution in [3.05, 3.63) is 52.8 Å². The van der Waals surface area contributed by atoms with E-state index in [1.165, 1.54) is 36.4 Å². The number of sulfonamides is 1. The number of anilines is 2. The summed E-state index contributed by atoms with van der Waals surface area (Å²) in [6, 6.07) is 7.93. The minimum atomic E-state index is -3.88. The fourth-order valence-corrected chi connectivity index (χ4v) is 3.21. The molecular formula is C13H12ClFN2O2S. The lowest BCUT2D eigenvalue weighted by molar-refractivity contribution is 0.601. The van der Waals surface area contributed by atoms with Crippen LogP contribution in [-0.4, -0.2) is 8.42 Å². The van der Waals surface area contributed by atoms with Crippen molar-refractivity contribution in [3.63, 3.8) is 0 Å².